The number of rotatable bonds is 7. The summed E-state index contributed by atoms with van der Waals surface area (Å²) in [6, 6.07) is 15.8. The SMILES string of the molecule is CCOC(=O)c1ccn(-c2cccc(NC(=O)NCc3ccccc3OC)c2)n1. The number of para-hydroxylation sites is 1. The third-order valence-corrected chi connectivity index (χ3v) is 4.07. The molecule has 2 amide bonds. The maximum absolute atomic E-state index is 12.3. The molecular weight excluding hydrogens is 372 g/mol. The Morgan fingerprint density at radius 3 is 2.72 bits per heavy atom. The van der Waals surface area contributed by atoms with Crippen LogP contribution in [0.5, 0.6) is 5.75 Å². The van der Waals surface area contributed by atoms with E-state index in [4.69, 9.17) is 9.47 Å². The molecule has 0 aliphatic heterocycles. The number of carbonyl (C=O) groups is 2. The van der Waals surface area contributed by atoms with Crippen molar-refractivity contribution in [3.63, 3.8) is 0 Å². The highest BCUT2D eigenvalue weighted by molar-refractivity contribution is 5.89. The zero-order valence-corrected chi connectivity index (χ0v) is 16.2. The van der Waals surface area contributed by atoms with Crippen LogP contribution in [0.15, 0.2) is 60.8 Å². The fourth-order valence-electron chi connectivity index (χ4n) is 2.71. The van der Waals surface area contributed by atoms with Gasteiger partial charge in [-0.3, -0.25) is 0 Å². The molecule has 150 valence electrons. The number of carbonyl (C=O) groups excluding carboxylic acids is 2. The van der Waals surface area contributed by atoms with Crippen LogP contribution in [0.3, 0.4) is 0 Å². The topological polar surface area (TPSA) is 94.5 Å². The molecule has 8 heteroatoms. The van der Waals surface area contributed by atoms with Crippen molar-refractivity contribution >= 4 is 17.7 Å². The number of amides is 2. The first-order chi connectivity index (χ1) is 14.1. The van der Waals surface area contributed by atoms with E-state index in [1.54, 1.807) is 49.2 Å². The van der Waals surface area contributed by atoms with Crippen LogP contribution in [-0.2, 0) is 11.3 Å². The summed E-state index contributed by atoms with van der Waals surface area (Å²) in [5, 5.41) is 9.80. The second-order valence-corrected chi connectivity index (χ2v) is 6.04. The van der Waals surface area contributed by atoms with Crippen molar-refractivity contribution < 1.29 is 19.1 Å². The summed E-state index contributed by atoms with van der Waals surface area (Å²) >= 11 is 0. The van der Waals surface area contributed by atoms with E-state index in [-0.39, 0.29) is 18.3 Å². The summed E-state index contributed by atoms with van der Waals surface area (Å²) in [6.07, 6.45) is 1.66. The Hall–Kier alpha value is -3.81. The van der Waals surface area contributed by atoms with Gasteiger partial charge in [-0.2, -0.15) is 5.10 Å². The van der Waals surface area contributed by atoms with Gasteiger partial charge >= 0.3 is 12.0 Å². The molecule has 1 aromatic heterocycles. The zero-order valence-electron chi connectivity index (χ0n) is 16.2. The van der Waals surface area contributed by atoms with Gasteiger partial charge in [-0.05, 0) is 37.3 Å². The molecule has 29 heavy (non-hydrogen) atoms. The van der Waals surface area contributed by atoms with Crippen molar-refractivity contribution in [2.45, 2.75) is 13.5 Å². The molecule has 3 aromatic rings. The average Bonchev–Trinajstić information content (AvgIpc) is 3.23. The van der Waals surface area contributed by atoms with Crippen LogP contribution in [0.25, 0.3) is 5.69 Å². The number of ether oxygens (including phenoxy) is 2. The summed E-state index contributed by atoms with van der Waals surface area (Å²) in [7, 11) is 1.59. The lowest BCUT2D eigenvalue weighted by Crippen LogP contribution is -2.28. The van der Waals surface area contributed by atoms with Gasteiger partial charge in [0.15, 0.2) is 5.69 Å². The highest BCUT2D eigenvalue weighted by Gasteiger charge is 2.11. The molecule has 1 heterocycles. The Labute approximate surface area is 168 Å². The van der Waals surface area contributed by atoms with Gasteiger partial charge in [0.1, 0.15) is 5.75 Å². The smallest absolute Gasteiger partial charge is 0.358 e. The minimum Gasteiger partial charge on any atom is -0.496 e. The molecule has 8 nitrogen and oxygen atoms in total. The van der Waals surface area contributed by atoms with Crippen molar-refractivity contribution in [1.29, 1.82) is 0 Å². The van der Waals surface area contributed by atoms with Gasteiger partial charge < -0.3 is 20.1 Å². The number of benzene rings is 2. The van der Waals surface area contributed by atoms with Crippen LogP contribution in [0, 0.1) is 0 Å². The van der Waals surface area contributed by atoms with E-state index in [1.807, 2.05) is 30.3 Å². The Balaban J connectivity index is 1.64. The lowest BCUT2D eigenvalue weighted by atomic mass is 10.2. The lowest BCUT2D eigenvalue weighted by Gasteiger charge is -2.11. The zero-order chi connectivity index (χ0) is 20.6. The first-order valence-corrected chi connectivity index (χ1v) is 9.10. The molecule has 0 aliphatic carbocycles. The quantitative estimate of drug-likeness (QED) is 0.599. The second kappa shape index (κ2) is 9.41. The summed E-state index contributed by atoms with van der Waals surface area (Å²) in [6.45, 7) is 2.36. The summed E-state index contributed by atoms with van der Waals surface area (Å²) in [5.41, 5.74) is 2.39. The first-order valence-electron chi connectivity index (χ1n) is 9.10. The second-order valence-electron chi connectivity index (χ2n) is 6.04. The molecular formula is C21H22N4O4. The first kappa shape index (κ1) is 19.9. The van der Waals surface area contributed by atoms with E-state index in [0.29, 0.717) is 23.7 Å². The molecule has 0 unspecified atom stereocenters. The van der Waals surface area contributed by atoms with Crippen LogP contribution in [0.1, 0.15) is 23.0 Å². The maximum atomic E-state index is 12.3. The van der Waals surface area contributed by atoms with Crippen LogP contribution in [-0.4, -0.2) is 35.5 Å². The molecule has 0 bridgehead atoms. The van der Waals surface area contributed by atoms with Crippen molar-refractivity contribution in [2.75, 3.05) is 19.0 Å². The molecule has 0 fully saturated rings. The molecule has 2 aromatic carbocycles. The van der Waals surface area contributed by atoms with Crippen LogP contribution >= 0.6 is 0 Å². The number of anilines is 1. The van der Waals surface area contributed by atoms with Crippen LogP contribution in [0.2, 0.25) is 0 Å². The summed E-state index contributed by atoms with van der Waals surface area (Å²) < 4.78 is 11.8. The van der Waals surface area contributed by atoms with E-state index < -0.39 is 5.97 Å². The summed E-state index contributed by atoms with van der Waals surface area (Å²) in [4.78, 5) is 24.0. The number of urea groups is 1. The molecule has 0 aliphatic rings. The van der Waals surface area contributed by atoms with E-state index in [9.17, 15) is 9.59 Å². The number of methoxy groups -OCH3 is 1. The lowest BCUT2D eigenvalue weighted by molar-refractivity contribution is 0.0519. The average molecular weight is 394 g/mol. The number of aromatic nitrogens is 2. The fraction of sp³-hybridized carbons (Fsp3) is 0.190. The van der Waals surface area contributed by atoms with Crippen molar-refractivity contribution in [3.8, 4) is 11.4 Å². The van der Waals surface area contributed by atoms with E-state index in [0.717, 1.165) is 5.56 Å². The monoisotopic (exact) mass is 394 g/mol. The molecule has 0 atom stereocenters. The van der Waals surface area contributed by atoms with Gasteiger partial charge in [-0.25, -0.2) is 14.3 Å². The Kier molecular flexibility index (Phi) is 6.47. The van der Waals surface area contributed by atoms with E-state index in [2.05, 4.69) is 15.7 Å². The Bertz CT molecular complexity index is 1000. The fourth-order valence-corrected chi connectivity index (χ4v) is 2.71. The highest BCUT2D eigenvalue weighted by Crippen LogP contribution is 2.17. The van der Waals surface area contributed by atoms with Crippen LogP contribution < -0.4 is 15.4 Å². The molecule has 0 saturated heterocycles. The van der Waals surface area contributed by atoms with Crippen molar-refractivity contribution in [1.82, 2.24) is 15.1 Å². The van der Waals surface area contributed by atoms with E-state index >= 15 is 0 Å². The maximum Gasteiger partial charge on any atom is 0.358 e. The molecule has 0 spiro atoms. The van der Waals surface area contributed by atoms with Crippen LogP contribution in [0.4, 0.5) is 10.5 Å². The third-order valence-electron chi connectivity index (χ3n) is 4.07. The summed E-state index contributed by atoms with van der Waals surface area (Å²) in [5.74, 6) is 0.238. The molecule has 0 saturated carbocycles. The Morgan fingerprint density at radius 1 is 1.10 bits per heavy atom. The molecule has 2 N–H and O–H groups in total. The van der Waals surface area contributed by atoms with E-state index in [1.165, 1.54) is 0 Å². The van der Waals surface area contributed by atoms with Gasteiger partial charge in [-0.15, -0.1) is 0 Å². The minimum atomic E-state index is -0.476. The van der Waals surface area contributed by atoms with Gasteiger partial charge in [-0.1, -0.05) is 24.3 Å². The minimum absolute atomic E-state index is 0.222. The van der Waals surface area contributed by atoms with Gasteiger partial charge in [0.2, 0.25) is 0 Å². The van der Waals surface area contributed by atoms with Gasteiger partial charge in [0, 0.05) is 24.0 Å². The van der Waals surface area contributed by atoms with Gasteiger partial charge in [0.25, 0.3) is 0 Å². The molecule has 3 rings (SSSR count). The third kappa shape index (κ3) is 5.13. The number of esters is 1. The van der Waals surface area contributed by atoms with Crippen molar-refractivity contribution in [2.24, 2.45) is 0 Å². The predicted octanol–water partition coefficient (Wildman–Crippen LogP) is 3.38. The highest BCUT2D eigenvalue weighted by atomic mass is 16.5. The molecule has 0 radical (unpaired) electrons. The number of nitrogens with zero attached hydrogens (tertiary/aromatic N) is 2. The Morgan fingerprint density at radius 2 is 1.93 bits per heavy atom. The standard InChI is InChI=1S/C21H22N4O4/c1-3-29-20(26)18-11-12-25(24-18)17-9-6-8-16(13-17)23-21(27)22-14-15-7-4-5-10-19(15)28-2/h4-13H,3,14H2,1-2H3,(H2,22,23,27). The number of hydrogen-bond donors (Lipinski definition) is 2. The predicted molar refractivity (Wildman–Crippen MR) is 108 cm³/mol. The van der Waals surface area contributed by atoms with Crippen molar-refractivity contribution in [3.05, 3.63) is 72.1 Å². The van der Waals surface area contributed by atoms with Gasteiger partial charge in [0.05, 0.1) is 19.4 Å². The number of hydrogen-bond acceptors (Lipinski definition) is 5. The normalized spacial score (nSPS) is 10.3. The number of nitrogens with one attached hydrogen (secondary N) is 2. The largest absolute Gasteiger partial charge is 0.496 e.